The second-order valence-corrected chi connectivity index (χ2v) is 4.00. The summed E-state index contributed by atoms with van der Waals surface area (Å²) in [4.78, 5) is 0. The minimum atomic E-state index is 0.0443. The van der Waals surface area contributed by atoms with Gasteiger partial charge in [-0.25, -0.2) is 0 Å². The SMILES string of the molecule is COCCNCc1cccc(OCCOCCO)c1. The van der Waals surface area contributed by atoms with E-state index >= 15 is 0 Å². The number of aliphatic hydroxyl groups excluding tert-OH is 1. The standard InChI is InChI=1S/C14H23NO4/c1-17-7-5-15-12-13-3-2-4-14(11-13)19-10-9-18-8-6-16/h2-4,11,15-16H,5-10,12H2,1H3. The lowest BCUT2D eigenvalue weighted by atomic mass is 10.2. The molecule has 0 amide bonds. The Bertz CT molecular complexity index is 333. The molecule has 0 saturated heterocycles. The van der Waals surface area contributed by atoms with E-state index in [1.807, 2.05) is 18.2 Å². The summed E-state index contributed by atoms with van der Waals surface area (Å²) in [6.45, 7) is 3.70. The first kappa shape index (κ1) is 15.9. The van der Waals surface area contributed by atoms with E-state index in [0.29, 0.717) is 26.4 Å². The minimum absolute atomic E-state index is 0.0443. The largest absolute Gasteiger partial charge is 0.491 e. The van der Waals surface area contributed by atoms with Gasteiger partial charge in [-0.1, -0.05) is 12.1 Å². The summed E-state index contributed by atoms with van der Waals surface area (Å²) >= 11 is 0. The molecule has 0 aliphatic carbocycles. The van der Waals surface area contributed by atoms with Gasteiger partial charge in [0, 0.05) is 20.2 Å². The molecule has 1 rings (SSSR count). The number of methoxy groups -OCH3 is 1. The first-order chi connectivity index (χ1) is 9.36. The summed E-state index contributed by atoms with van der Waals surface area (Å²) in [5.41, 5.74) is 1.17. The molecule has 0 aromatic heterocycles. The number of nitrogens with one attached hydrogen (secondary N) is 1. The lowest BCUT2D eigenvalue weighted by molar-refractivity contribution is 0.0705. The van der Waals surface area contributed by atoms with Crippen LogP contribution in [0.1, 0.15) is 5.56 Å². The molecule has 2 N–H and O–H groups in total. The van der Waals surface area contributed by atoms with Crippen LogP contribution in [-0.4, -0.2) is 51.8 Å². The van der Waals surface area contributed by atoms with E-state index in [1.54, 1.807) is 7.11 Å². The van der Waals surface area contributed by atoms with Crippen LogP contribution in [-0.2, 0) is 16.0 Å². The van der Waals surface area contributed by atoms with E-state index < -0.39 is 0 Å². The molecule has 5 nitrogen and oxygen atoms in total. The van der Waals surface area contributed by atoms with Crippen molar-refractivity contribution in [1.29, 1.82) is 0 Å². The molecule has 0 spiro atoms. The Kier molecular flexibility index (Phi) is 9.01. The van der Waals surface area contributed by atoms with Gasteiger partial charge in [-0.15, -0.1) is 0 Å². The van der Waals surface area contributed by atoms with E-state index in [2.05, 4.69) is 11.4 Å². The maximum Gasteiger partial charge on any atom is 0.119 e. The predicted octanol–water partition coefficient (Wildman–Crippen LogP) is 0.810. The molecule has 0 saturated carbocycles. The summed E-state index contributed by atoms with van der Waals surface area (Å²) in [5.74, 6) is 0.832. The van der Waals surface area contributed by atoms with Crippen molar-refractivity contribution in [2.24, 2.45) is 0 Å². The van der Waals surface area contributed by atoms with Crippen LogP contribution in [0.4, 0.5) is 0 Å². The zero-order valence-corrected chi connectivity index (χ0v) is 11.4. The average molecular weight is 269 g/mol. The van der Waals surface area contributed by atoms with Crippen LogP contribution < -0.4 is 10.1 Å². The van der Waals surface area contributed by atoms with E-state index in [4.69, 9.17) is 19.3 Å². The first-order valence-electron chi connectivity index (χ1n) is 6.47. The second kappa shape index (κ2) is 10.8. The summed E-state index contributed by atoms with van der Waals surface area (Å²) in [6, 6.07) is 7.95. The fourth-order valence-electron chi connectivity index (χ4n) is 1.54. The van der Waals surface area contributed by atoms with Gasteiger partial charge in [0.1, 0.15) is 12.4 Å². The minimum Gasteiger partial charge on any atom is -0.491 e. The van der Waals surface area contributed by atoms with Gasteiger partial charge in [0.15, 0.2) is 0 Å². The lowest BCUT2D eigenvalue weighted by Crippen LogP contribution is -2.18. The monoisotopic (exact) mass is 269 g/mol. The van der Waals surface area contributed by atoms with Gasteiger partial charge in [0.25, 0.3) is 0 Å². The van der Waals surface area contributed by atoms with Gasteiger partial charge in [0.2, 0.25) is 0 Å². The Balaban J connectivity index is 2.23. The topological polar surface area (TPSA) is 60.0 Å². The highest BCUT2D eigenvalue weighted by Crippen LogP contribution is 2.13. The van der Waals surface area contributed by atoms with Crippen molar-refractivity contribution in [2.45, 2.75) is 6.54 Å². The molecule has 0 heterocycles. The van der Waals surface area contributed by atoms with Crippen molar-refractivity contribution >= 4 is 0 Å². The van der Waals surface area contributed by atoms with Gasteiger partial charge in [-0.3, -0.25) is 0 Å². The van der Waals surface area contributed by atoms with Crippen molar-refractivity contribution in [1.82, 2.24) is 5.32 Å². The molecule has 0 aliphatic rings. The molecular formula is C14H23NO4. The Labute approximate surface area is 114 Å². The van der Waals surface area contributed by atoms with Gasteiger partial charge in [-0.2, -0.15) is 0 Å². The lowest BCUT2D eigenvalue weighted by Gasteiger charge is -2.09. The molecule has 0 radical (unpaired) electrons. The van der Waals surface area contributed by atoms with Crippen LogP contribution in [0.15, 0.2) is 24.3 Å². The molecular weight excluding hydrogens is 246 g/mol. The van der Waals surface area contributed by atoms with Crippen molar-refractivity contribution in [2.75, 3.05) is 46.7 Å². The second-order valence-electron chi connectivity index (χ2n) is 4.00. The van der Waals surface area contributed by atoms with Crippen molar-refractivity contribution in [3.8, 4) is 5.75 Å². The highest BCUT2D eigenvalue weighted by Gasteiger charge is 1.97. The first-order valence-corrected chi connectivity index (χ1v) is 6.47. The smallest absolute Gasteiger partial charge is 0.119 e. The van der Waals surface area contributed by atoms with Crippen molar-refractivity contribution < 1.29 is 19.3 Å². The van der Waals surface area contributed by atoms with Gasteiger partial charge < -0.3 is 24.6 Å². The Morgan fingerprint density at radius 2 is 2.05 bits per heavy atom. The van der Waals surface area contributed by atoms with Crippen molar-refractivity contribution in [3.63, 3.8) is 0 Å². The third kappa shape index (κ3) is 7.79. The average Bonchev–Trinajstić information content (AvgIpc) is 2.44. The quantitative estimate of drug-likeness (QED) is 0.582. The third-order valence-electron chi connectivity index (χ3n) is 2.44. The zero-order chi connectivity index (χ0) is 13.8. The van der Waals surface area contributed by atoms with Crippen LogP contribution in [0.3, 0.4) is 0 Å². The van der Waals surface area contributed by atoms with Gasteiger partial charge >= 0.3 is 0 Å². The van der Waals surface area contributed by atoms with Gasteiger partial charge in [0.05, 0.1) is 26.4 Å². The van der Waals surface area contributed by atoms with E-state index in [-0.39, 0.29) is 6.61 Å². The molecule has 1 aromatic rings. The van der Waals surface area contributed by atoms with Gasteiger partial charge in [-0.05, 0) is 17.7 Å². The van der Waals surface area contributed by atoms with E-state index in [1.165, 1.54) is 5.56 Å². The Hall–Kier alpha value is -1.14. The highest BCUT2D eigenvalue weighted by atomic mass is 16.5. The number of hydrogen-bond donors (Lipinski definition) is 2. The molecule has 0 atom stereocenters. The Morgan fingerprint density at radius 3 is 2.84 bits per heavy atom. The molecule has 1 aromatic carbocycles. The molecule has 19 heavy (non-hydrogen) atoms. The maximum absolute atomic E-state index is 8.56. The van der Waals surface area contributed by atoms with Crippen LogP contribution in [0.25, 0.3) is 0 Å². The maximum atomic E-state index is 8.56. The highest BCUT2D eigenvalue weighted by molar-refractivity contribution is 5.28. The van der Waals surface area contributed by atoms with E-state index in [0.717, 1.165) is 18.8 Å². The summed E-state index contributed by atoms with van der Waals surface area (Å²) in [5, 5.41) is 11.8. The number of aliphatic hydroxyl groups is 1. The van der Waals surface area contributed by atoms with Crippen LogP contribution in [0.2, 0.25) is 0 Å². The zero-order valence-electron chi connectivity index (χ0n) is 11.4. The molecule has 0 fully saturated rings. The fraction of sp³-hybridized carbons (Fsp3) is 0.571. The number of rotatable bonds is 11. The van der Waals surface area contributed by atoms with Crippen molar-refractivity contribution in [3.05, 3.63) is 29.8 Å². The molecule has 0 aliphatic heterocycles. The summed E-state index contributed by atoms with van der Waals surface area (Å²) in [6.07, 6.45) is 0. The number of hydrogen-bond acceptors (Lipinski definition) is 5. The van der Waals surface area contributed by atoms with Crippen LogP contribution in [0, 0.1) is 0 Å². The summed E-state index contributed by atoms with van der Waals surface area (Å²) in [7, 11) is 1.69. The summed E-state index contributed by atoms with van der Waals surface area (Å²) < 4.78 is 15.7. The fourth-order valence-corrected chi connectivity index (χ4v) is 1.54. The third-order valence-corrected chi connectivity index (χ3v) is 2.44. The van der Waals surface area contributed by atoms with Crippen LogP contribution >= 0.6 is 0 Å². The number of ether oxygens (including phenoxy) is 3. The normalized spacial score (nSPS) is 10.6. The number of benzene rings is 1. The van der Waals surface area contributed by atoms with E-state index in [9.17, 15) is 0 Å². The molecule has 0 bridgehead atoms. The predicted molar refractivity (Wildman–Crippen MR) is 73.4 cm³/mol. The molecule has 108 valence electrons. The molecule has 5 heteroatoms. The molecule has 0 unspecified atom stereocenters. The van der Waals surface area contributed by atoms with Crippen LogP contribution in [0.5, 0.6) is 5.75 Å². The Morgan fingerprint density at radius 1 is 1.16 bits per heavy atom.